The van der Waals surface area contributed by atoms with Gasteiger partial charge in [-0.3, -0.25) is 0 Å². The van der Waals surface area contributed by atoms with E-state index < -0.39 is 12.6 Å². The van der Waals surface area contributed by atoms with Crippen LogP contribution in [0.4, 0.5) is 12.9 Å². The molecule has 0 aromatic carbocycles. The Kier molecular flexibility index (Phi) is 3.19. The molecule has 0 aliphatic carbocycles. The number of hydrogen-bond acceptors (Lipinski definition) is 3. The summed E-state index contributed by atoms with van der Waals surface area (Å²) in [7, 11) is 0. The fraction of sp³-hybridized carbons (Fsp3) is 0.333. The van der Waals surface area contributed by atoms with E-state index in [-0.39, 0.29) is 5.16 Å². The summed E-state index contributed by atoms with van der Waals surface area (Å²) in [6, 6.07) is 0. The first kappa shape index (κ1) is 10.4. The zero-order chi connectivity index (χ0) is 9.90. The molecule has 7 heteroatoms. The molecule has 0 atom stereocenters. The van der Waals surface area contributed by atoms with Gasteiger partial charge in [0.15, 0.2) is 5.16 Å². The van der Waals surface area contributed by atoms with Crippen LogP contribution in [0.2, 0.25) is 0 Å². The van der Waals surface area contributed by atoms with Crippen molar-refractivity contribution in [1.82, 2.24) is 9.97 Å². The van der Waals surface area contributed by atoms with Crippen molar-refractivity contribution in [2.24, 2.45) is 0 Å². The quantitative estimate of drug-likeness (QED) is 0.431. The van der Waals surface area contributed by atoms with Crippen LogP contribution < -0.4 is 0 Å². The summed E-state index contributed by atoms with van der Waals surface area (Å²) >= 11 is 0.617. The lowest BCUT2D eigenvalue weighted by atomic mass is 9.98. The van der Waals surface area contributed by atoms with Crippen LogP contribution in [0.3, 0.4) is 0 Å². The molecule has 1 aromatic rings. The topological polar surface area (TPSA) is 25.8 Å². The minimum atomic E-state index is -4.75. The highest BCUT2D eigenvalue weighted by molar-refractivity contribution is 8.00. The van der Waals surface area contributed by atoms with Crippen molar-refractivity contribution in [2.75, 3.05) is 5.65 Å². The Labute approximate surface area is 78.0 Å². The van der Waals surface area contributed by atoms with Crippen LogP contribution in [0, 0.1) is 6.92 Å². The van der Waals surface area contributed by atoms with Crippen LogP contribution in [0.25, 0.3) is 0 Å². The molecule has 2 nitrogen and oxygen atoms in total. The Bertz CT molecular complexity index is 274. The molecule has 0 spiro atoms. The number of thioether (sulfide) groups is 1. The van der Waals surface area contributed by atoms with E-state index >= 15 is 0 Å². The predicted octanol–water partition coefficient (Wildman–Crippen LogP) is 2.26. The van der Waals surface area contributed by atoms with Gasteiger partial charge in [0.05, 0.1) is 0 Å². The minimum Gasteiger partial charge on any atom is -0.448 e. The molecule has 0 amide bonds. The summed E-state index contributed by atoms with van der Waals surface area (Å²) in [6.45, 7) is -2.97. The summed E-state index contributed by atoms with van der Waals surface area (Å²) in [4.78, 5) is 7.49. The first-order valence-corrected chi connectivity index (χ1v) is 4.58. The smallest absolute Gasteiger partial charge is 0.448 e. The molecule has 13 heavy (non-hydrogen) atoms. The largest absolute Gasteiger partial charge is 0.488 e. The van der Waals surface area contributed by atoms with Gasteiger partial charge >= 0.3 is 6.98 Å². The van der Waals surface area contributed by atoms with Crippen molar-refractivity contribution in [2.45, 2.75) is 12.1 Å². The standard InChI is InChI=1S/C6H7BF3N2S/c1-5-2-11-6(12-3-5)13-4-7(8,9)10/h2-3H,4H2,1H3/q-1. The van der Waals surface area contributed by atoms with Gasteiger partial charge < -0.3 is 12.9 Å². The molecule has 0 fully saturated rings. The molecule has 1 rings (SSSR count). The molecule has 0 saturated carbocycles. The van der Waals surface area contributed by atoms with Gasteiger partial charge in [0, 0.05) is 12.4 Å². The fourth-order valence-corrected chi connectivity index (χ4v) is 1.22. The van der Waals surface area contributed by atoms with Gasteiger partial charge in [-0.05, 0) is 18.1 Å². The van der Waals surface area contributed by atoms with Gasteiger partial charge in [0.2, 0.25) is 0 Å². The molecule has 0 aliphatic rings. The van der Waals surface area contributed by atoms with Crippen LogP contribution in [-0.2, 0) is 0 Å². The van der Waals surface area contributed by atoms with Gasteiger partial charge in [-0.25, -0.2) is 9.97 Å². The second kappa shape index (κ2) is 4.00. The molecule has 0 unspecified atom stereocenters. The highest BCUT2D eigenvalue weighted by Crippen LogP contribution is 2.20. The van der Waals surface area contributed by atoms with Crippen molar-refractivity contribution >= 4 is 18.7 Å². The molecule has 0 radical (unpaired) electrons. The van der Waals surface area contributed by atoms with Crippen molar-refractivity contribution in [3.05, 3.63) is 18.0 Å². The zero-order valence-electron chi connectivity index (χ0n) is 6.88. The van der Waals surface area contributed by atoms with E-state index in [0.29, 0.717) is 11.8 Å². The van der Waals surface area contributed by atoms with Crippen LogP contribution in [-0.4, -0.2) is 22.6 Å². The monoisotopic (exact) mass is 207 g/mol. The van der Waals surface area contributed by atoms with Crippen LogP contribution in [0.5, 0.6) is 0 Å². The van der Waals surface area contributed by atoms with E-state index in [1.165, 1.54) is 12.4 Å². The van der Waals surface area contributed by atoms with Gasteiger partial charge in [-0.1, -0.05) is 0 Å². The molecule has 0 bridgehead atoms. The zero-order valence-corrected chi connectivity index (χ0v) is 7.69. The molecular weight excluding hydrogens is 200 g/mol. The molecule has 72 valence electrons. The number of rotatable bonds is 3. The molecule has 0 N–H and O–H groups in total. The van der Waals surface area contributed by atoms with Crippen molar-refractivity contribution in [3.63, 3.8) is 0 Å². The number of aromatic nitrogens is 2. The average molecular weight is 207 g/mol. The minimum absolute atomic E-state index is 0.171. The van der Waals surface area contributed by atoms with Gasteiger partial charge in [0.1, 0.15) is 0 Å². The summed E-state index contributed by atoms with van der Waals surface area (Å²) in [5.41, 5.74) is -0.0508. The number of hydrogen-bond donors (Lipinski definition) is 0. The van der Waals surface area contributed by atoms with E-state index in [1.54, 1.807) is 6.92 Å². The summed E-state index contributed by atoms with van der Waals surface area (Å²) in [6.07, 6.45) is 3.00. The number of halogens is 3. The van der Waals surface area contributed by atoms with E-state index in [9.17, 15) is 12.9 Å². The van der Waals surface area contributed by atoms with Crippen LogP contribution in [0.1, 0.15) is 5.56 Å². The molecule has 0 aliphatic heterocycles. The Morgan fingerprint density at radius 1 is 1.31 bits per heavy atom. The van der Waals surface area contributed by atoms with Crippen molar-refractivity contribution < 1.29 is 12.9 Å². The second-order valence-electron chi connectivity index (χ2n) is 2.56. The van der Waals surface area contributed by atoms with Crippen LogP contribution in [0.15, 0.2) is 17.6 Å². The predicted molar refractivity (Wildman–Crippen MR) is 46.6 cm³/mol. The third-order valence-electron chi connectivity index (χ3n) is 1.16. The average Bonchev–Trinajstić information content (AvgIpc) is 2.02. The highest BCUT2D eigenvalue weighted by atomic mass is 32.2. The lowest BCUT2D eigenvalue weighted by Gasteiger charge is -2.11. The van der Waals surface area contributed by atoms with Gasteiger partial charge in [-0.15, -0.1) is 11.8 Å². The third-order valence-corrected chi connectivity index (χ3v) is 2.17. The molecule has 0 saturated heterocycles. The van der Waals surface area contributed by atoms with E-state index in [2.05, 4.69) is 9.97 Å². The third kappa shape index (κ3) is 4.16. The summed E-state index contributed by atoms with van der Waals surface area (Å²) < 4.78 is 35.4. The lowest BCUT2D eigenvalue weighted by molar-refractivity contribution is 0.485. The lowest BCUT2D eigenvalue weighted by Crippen LogP contribution is -2.19. The van der Waals surface area contributed by atoms with E-state index in [0.717, 1.165) is 5.56 Å². The maximum atomic E-state index is 11.8. The fourth-order valence-electron chi connectivity index (χ4n) is 0.624. The molecule has 1 aromatic heterocycles. The normalized spacial score (nSPS) is 11.7. The SMILES string of the molecule is Cc1cnc(SC[B-](F)(F)F)nc1. The van der Waals surface area contributed by atoms with Crippen molar-refractivity contribution in [1.29, 1.82) is 0 Å². The number of aryl methyl sites for hydroxylation is 1. The van der Waals surface area contributed by atoms with Gasteiger partial charge in [-0.2, -0.15) is 0 Å². The molecule has 1 heterocycles. The van der Waals surface area contributed by atoms with E-state index in [1.807, 2.05) is 0 Å². The Hall–Kier alpha value is -0.715. The van der Waals surface area contributed by atoms with Gasteiger partial charge in [0.25, 0.3) is 0 Å². The highest BCUT2D eigenvalue weighted by Gasteiger charge is 2.23. The first-order chi connectivity index (χ1) is 5.97. The number of nitrogens with zero attached hydrogens (tertiary/aromatic N) is 2. The second-order valence-corrected chi connectivity index (χ2v) is 3.55. The van der Waals surface area contributed by atoms with E-state index in [4.69, 9.17) is 0 Å². The maximum absolute atomic E-state index is 11.8. The Balaban J connectivity index is 2.51. The summed E-state index contributed by atoms with van der Waals surface area (Å²) in [5.74, 6) is 0. The van der Waals surface area contributed by atoms with Crippen LogP contribution >= 0.6 is 11.8 Å². The Morgan fingerprint density at radius 3 is 2.31 bits per heavy atom. The van der Waals surface area contributed by atoms with Crippen molar-refractivity contribution in [3.8, 4) is 0 Å². The maximum Gasteiger partial charge on any atom is 0.488 e. The molecular formula is C6H7BF3N2S-. The summed E-state index contributed by atoms with van der Waals surface area (Å²) in [5, 5.41) is 0.171. The Morgan fingerprint density at radius 2 is 1.85 bits per heavy atom. The first-order valence-electron chi connectivity index (χ1n) is 3.60.